The average molecular weight is 862 g/mol. The van der Waals surface area contributed by atoms with Gasteiger partial charge >= 0.3 is 17.9 Å². The zero-order chi connectivity index (χ0) is 43.0. The number of nitrogens with two attached hydrogens (primary N) is 2. The van der Waals surface area contributed by atoms with Crippen molar-refractivity contribution in [2.75, 3.05) is 36.2 Å². The fourth-order valence-electron chi connectivity index (χ4n) is 4.15. The molecule has 3 aromatic carbocycles. The van der Waals surface area contributed by atoms with E-state index >= 15 is 0 Å². The number of hydrogen-bond donors (Lipinski definition) is 4. The van der Waals surface area contributed by atoms with Crippen LogP contribution in [0, 0.1) is 43.8 Å². The van der Waals surface area contributed by atoms with Crippen molar-refractivity contribution in [2.45, 2.75) is 80.4 Å². The van der Waals surface area contributed by atoms with Gasteiger partial charge in [-0.05, 0) is 87.1 Å². The molecule has 3 atom stereocenters. The fourth-order valence-corrected chi connectivity index (χ4v) is 4.15. The lowest BCUT2D eigenvalue weighted by molar-refractivity contribution is -0.385. The van der Waals surface area contributed by atoms with Gasteiger partial charge < -0.3 is 36.3 Å². The first-order chi connectivity index (χ1) is 26.3. The molecule has 0 saturated heterocycles. The molecule has 0 aliphatic heterocycles. The molecule has 16 nitrogen and oxygen atoms in total. The lowest BCUT2D eigenvalue weighted by Gasteiger charge is -2.21. The summed E-state index contributed by atoms with van der Waals surface area (Å²) >= 11 is 0. The van der Waals surface area contributed by atoms with E-state index in [2.05, 4.69) is 10.6 Å². The zero-order valence-corrected chi connectivity index (χ0v) is 36.0. The Balaban J connectivity index is -0.000000714. The number of nitro groups is 2. The SMILES string of the molecule is CCOC(=O)C(N)C(C)C.CCOC(=O)C(Nc1ccc(N)cc1)C(C)C.CCOC(=O)C(Nc1ccc([N+](=O)[O-])cc1)C(C)C.Cl.Cl.O=[N+]([O-])c1ccc(F)cc1. The topological polar surface area (TPSA) is 241 Å². The number of nitrogens with one attached hydrogen (secondary N) is 2. The van der Waals surface area contributed by atoms with Gasteiger partial charge in [0.15, 0.2) is 0 Å². The molecule has 0 heterocycles. The Hall–Kier alpha value is -5.26. The summed E-state index contributed by atoms with van der Waals surface area (Å²) in [6, 6.07) is 16.3. The molecule has 3 rings (SSSR count). The molecule has 0 saturated carbocycles. The molecule has 0 spiro atoms. The molecular weight excluding hydrogens is 802 g/mol. The van der Waals surface area contributed by atoms with Crippen LogP contribution in [0.1, 0.15) is 62.3 Å². The third-order valence-corrected chi connectivity index (χ3v) is 7.36. The van der Waals surface area contributed by atoms with Gasteiger partial charge in [-0.25, -0.2) is 14.0 Å². The van der Waals surface area contributed by atoms with E-state index in [1.165, 1.54) is 12.1 Å². The predicted molar refractivity (Wildman–Crippen MR) is 229 cm³/mol. The fraction of sp³-hybridized carbons (Fsp3) is 0.462. The van der Waals surface area contributed by atoms with E-state index in [4.69, 9.17) is 25.7 Å². The van der Waals surface area contributed by atoms with Crippen molar-refractivity contribution < 1.29 is 42.8 Å². The number of hydrogen-bond acceptors (Lipinski definition) is 14. The number of rotatable bonds is 15. The largest absolute Gasteiger partial charge is 0.465 e. The highest BCUT2D eigenvalue weighted by Crippen LogP contribution is 2.19. The predicted octanol–water partition coefficient (Wildman–Crippen LogP) is 7.97. The first-order valence-corrected chi connectivity index (χ1v) is 18.1. The van der Waals surface area contributed by atoms with Crippen molar-refractivity contribution in [1.29, 1.82) is 0 Å². The standard InChI is InChI=1S/C13H18N2O4.C13H20N2O2.C7H15NO2.C6H4FNO2.2ClH/c1-4-19-13(16)12(9(2)3)14-10-5-7-11(8-6-10)15(17)18;1-4-17-13(16)12(9(2)3)15-11-7-5-10(14)6-8-11;1-4-10-7(9)6(8)5(2)3;7-5-1-3-6(4-2-5)8(9)10;;/h5-9,12,14H,4H2,1-3H3;5-9,12,15H,4,14H2,1-3H3;5-6H,4,8H2,1-3H3;1-4H;2*1H. The van der Waals surface area contributed by atoms with Crippen LogP contribution in [0.3, 0.4) is 0 Å². The average Bonchev–Trinajstić information content (AvgIpc) is 3.14. The second-order valence-electron chi connectivity index (χ2n) is 12.9. The van der Waals surface area contributed by atoms with Gasteiger partial charge in [-0.2, -0.15) is 0 Å². The Bertz CT molecular complexity index is 1640. The molecule has 19 heteroatoms. The number of carbonyl (C=O) groups is 3. The Labute approximate surface area is 352 Å². The van der Waals surface area contributed by atoms with Crippen molar-refractivity contribution in [2.24, 2.45) is 23.5 Å². The van der Waals surface area contributed by atoms with E-state index in [1.807, 2.05) is 53.7 Å². The number of halogens is 3. The molecule has 58 heavy (non-hydrogen) atoms. The van der Waals surface area contributed by atoms with Crippen LogP contribution < -0.4 is 22.1 Å². The van der Waals surface area contributed by atoms with Crippen LogP contribution in [-0.2, 0) is 28.6 Å². The van der Waals surface area contributed by atoms with Crippen LogP contribution in [-0.4, -0.2) is 65.7 Å². The Morgan fingerprint density at radius 2 is 0.914 bits per heavy atom. The number of non-ortho nitro benzene ring substituents is 2. The lowest BCUT2D eigenvalue weighted by Crippen LogP contribution is -2.36. The number of nitro benzene ring substituents is 2. The maximum Gasteiger partial charge on any atom is 0.328 e. The maximum atomic E-state index is 12.1. The number of ether oxygens (including phenoxy) is 3. The minimum atomic E-state index is -0.570. The summed E-state index contributed by atoms with van der Waals surface area (Å²) in [7, 11) is 0. The second-order valence-corrected chi connectivity index (χ2v) is 12.9. The third kappa shape index (κ3) is 23.1. The Morgan fingerprint density at radius 3 is 1.21 bits per heavy atom. The second kappa shape index (κ2) is 30.8. The van der Waals surface area contributed by atoms with E-state index in [0.717, 1.165) is 30.0 Å². The highest BCUT2D eigenvalue weighted by atomic mass is 35.5. The summed E-state index contributed by atoms with van der Waals surface area (Å²) in [6.07, 6.45) is 0. The molecule has 3 unspecified atom stereocenters. The highest BCUT2D eigenvalue weighted by molar-refractivity contribution is 5.85. The van der Waals surface area contributed by atoms with Crippen molar-refractivity contribution in [3.05, 3.63) is 98.8 Å². The van der Waals surface area contributed by atoms with Crippen LogP contribution in [0.4, 0.5) is 32.8 Å². The molecular formula is C39H59Cl2FN6O10. The molecule has 0 aliphatic rings. The van der Waals surface area contributed by atoms with Gasteiger partial charge in [0.1, 0.15) is 23.9 Å². The normalized spacial score (nSPS) is 11.4. The van der Waals surface area contributed by atoms with E-state index < -0.39 is 27.7 Å². The number of carbonyl (C=O) groups excluding carboxylic acids is 3. The quantitative estimate of drug-likeness (QED) is 0.0373. The van der Waals surface area contributed by atoms with Crippen LogP contribution in [0.2, 0.25) is 0 Å². The van der Waals surface area contributed by atoms with Crippen molar-refractivity contribution >= 4 is 71.2 Å². The summed E-state index contributed by atoms with van der Waals surface area (Å²) < 4.78 is 26.9. The molecule has 6 N–H and O–H groups in total. The summed E-state index contributed by atoms with van der Waals surface area (Å²) in [5, 5.41) is 26.7. The molecule has 0 bridgehead atoms. The summed E-state index contributed by atoms with van der Waals surface area (Å²) in [6.45, 7) is 18.0. The van der Waals surface area contributed by atoms with Gasteiger partial charge in [0, 0.05) is 41.3 Å². The van der Waals surface area contributed by atoms with Crippen molar-refractivity contribution in [1.82, 2.24) is 0 Å². The molecule has 0 amide bonds. The number of nitrogens with zero attached hydrogens (tertiary/aromatic N) is 2. The molecule has 0 aromatic heterocycles. The summed E-state index contributed by atoms with van der Waals surface area (Å²) in [5.41, 5.74) is 13.2. The minimum absolute atomic E-state index is 0. The maximum absolute atomic E-state index is 12.1. The first-order valence-electron chi connectivity index (χ1n) is 18.1. The zero-order valence-electron chi connectivity index (χ0n) is 34.3. The summed E-state index contributed by atoms with van der Waals surface area (Å²) in [4.78, 5) is 53.9. The van der Waals surface area contributed by atoms with Gasteiger partial charge in [-0.1, -0.05) is 41.5 Å². The monoisotopic (exact) mass is 860 g/mol. The first kappa shape index (κ1) is 57.1. The molecule has 0 radical (unpaired) electrons. The number of benzene rings is 3. The van der Waals surface area contributed by atoms with Gasteiger partial charge in [0.05, 0.1) is 29.7 Å². The molecule has 3 aromatic rings. The van der Waals surface area contributed by atoms with Crippen molar-refractivity contribution in [3.63, 3.8) is 0 Å². The number of nitrogen functional groups attached to an aromatic ring is 1. The van der Waals surface area contributed by atoms with E-state index in [9.17, 15) is 39.0 Å². The van der Waals surface area contributed by atoms with Crippen LogP contribution in [0.25, 0.3) is 0 Å². The van der Waals surface area contributed by atoms with Crippen molar-refractivity contribution in [3.8, 4) is 0 Å². The van der Waals surface area contributed by atoms with E-state index in [1.54, 1.807) is 45.0 Å². The van der Waals surface area contributed by atoms with Gasteiger partial charge in [-0.3, -0.25) is 25.0 Å². The molecule has 0 aliphatic carbocycles. The smallest absolute Gasteiger partial charge is 0.328 e. The highest BCUT2D eigenvalue weighted by Gasteiger charge is 2.24. The number of anilines is 3. The Morgan fingerprint density at radius 1 is 0.603 bits per heavy atom. The van der Waals surface area contributed by atoms with Gasteiger partial charge in [0.25, 0.3) is 11.4 Å². The van der Waals surface area contributed by atoms with Crippen LogP contribution in [0.15, 0.2) is 72.8 Å². The lowest BCUT2D eigenvalue weighted by atomic mass is 10.0. The van der Waals surface area contributed by atoms with E-state index in [-0.39, 0.29) is 77.9 Å². The van der Waals surface area contributed by atoms with Crippen LogP contribution >= 0.6 is 24.8 Å². The van der Waals surface area contributed by atoms with E-state index in [0.29, 0.717) is 31.2 Å². The summed E-state index contributed by atoms with van der Waals surface area (Å²) in [5.74, 6) is -0.960. The van der Waals surface area contributed by atoms with Crippen LogP contribution in [0.5, 0.6) is 0 Å². The van der Waals surface area contributed by atoms with Gasteiger partial charge in [-0.15, -0.1) is 24.8 Å². The minimum Gasteiger partial charge on any atom is -0.465 e. The molecule has 326 valence electrons. The third-order valence-electron chi connectivity index (χ3n) is 7.36. The molecule has 0 fully saturated rings. The number of esters is 3. The Kier molecular flexibility index (Phi) is 30.3. The van der Waals surface area contributed by atoms with Gasteiger partial charge in [0.2, 0.25) is 0 Å².